The Morgan fingerprint density at radius 2 is 2.47 bits per heavy atom. The van der Waals surface area contributed by atoms with Crippen LogP contribution in [0, 0.1) is 11.3 Å². The standard InChI is InChI=1S/C12H16N4O/c13-9-10-4-7-15-16-12(10)14-6-5-11-3-1-2-8-17-11/h4,7,11H,1-3,5-6,8H2,(H,14,16). The number of nitrogens with zero attached hydrogens (tertiary/aromatic N) is 3. The number of nitrogens with one attached hydrogen (secondary N) is 1. The second-order valence-electron chi connectivity index (χ2n) is 4.11. The van der Waals surface area contributed by atoms with Gasteiger partial charge in [-0.25, -0.2) is 0 Å². The van der Waals surface area contributed by atoms with Gasteiger partial charge in [0.2, 0.25) is 0 Å². The van der Waals surface area contributed by atoms with E-state index in [1.54, 1.807) is 6.07 Å². The van der Waals surface area contributed by atoms with Crippen LogP contribution in [0.4, 0.5) is 5.82 Å². The molecular formula is C12H16N4O. The zero-order chi connectivity index (χ0) is 11.9. The number of rotatable bonds is 4. The van der Waals surface area contributed by atoms with Crippen molar-refractivity contribution in [3.63, 3.8) is 0 Å². The van der Waals surface area contributed by atoms with E-state index in [2.05, 4.69) is 21.6 Å². The predicted octanol–water partition coefficient (Wildman–Crippen LogP) is 1.72. The normalized spacial score (nSPS) is 19.6. The summed E-state index contributed by atoms with van der Waals surface area (Å²) in [6.07, 6.45) is 6.37. The minimum absolute atomic E-state index is 0.346. The van der Waals surface area contributed by atoms with Crippen molar-refractivity contribution >= 4 is 5.82 Å². The highest BCUT2D eigenvalue weighted by Gasteiger charge is 2.13. The fourth-order valence-electron chi connectivity index (χ4n) is 1.94. The van der Waals surface area contributed by atoms with E-state index in [-0.39, 0.29) is 0 Å². The van der Waals surface area contributed by atoms with Gasteiger partial charge in [0.1, 0.15) is 6.07 Å². The molecule has 2 heterocycles. The second-order valence-corrected chi connectivity index (χ2v) is 4.11. The molecule has 1 unspecified atom stereocenters. The highest BCUT2D eigenvalue weighted by molar-refractivity contribution is 5.49. The molecule has 0 spiro atoms. The van der Waals surface area contributed by atoms with Crippen LogP contribution in [-0.4, -0.2) is 29.5 Å². The Balaban J connectivity index is 1.79. The second kappa shape index (κ2) is 6.16. The molecule has 0 saturated carbocycles. The topological polar surface area (TPSA) is 70.8 Å². The van der Waals surface area contributed by atoms with Crippen molar-refractivity contribution in [3.8, 4) is 6.07 Å². The lowest BCUT2D eigenvalue weighted by atomic mass is 10.1. The van der Waals surface area contributed by atoms with E-state index in [1.807, 2.05) is 0 Å². The monoisotopic (exact) mass is 232 g/mol. The molecule has 1 aliphatic rings. The fourth-order valence-corrected chi connectivity index (χ4v) is 1.94. The van der Waals surface area contributed by atoms with Crippen molar-refractivity contribution in [2.75, 3.05) is 18.5 Å². The smallest absolute Gasteiger partial charge is 0.166 e. The van der Waals surface area contributed by atoms with Crippen LogP contribution in [0.25, 0.3) is 0 Å². The molecule has 2 rings (SSSR count). The first-order valence-electron chi connectivity index (χ1n) is 5.97. The Labute approximate surface area is 101 Å². The van der Waals surface area contributed by atoms with E-state index >= 15 is 0 Å². The van der Waals surface area contributed by atoms with E-state index in [1.165, 1.54) is 19.0 Å². The van der Waals surface area contributed by atoms with Crippen LogP contribution in [0.3, 0.4) is 0 Å². The summed E-state index contributed by atoms with van der Waals surface area (Å²) in [7, 11) is 0. The molecule has 0 bridgehead atoms. The van der Waals surface area contributed by atoms with Crippen molar-refractivity contribution in [3.05, 3.63) is 17.8 Å². The van der Waals surface area contributed by atoms with Crippen LogP contribution >= 0.6 is 0 Å². The van der Waals surface area contributed by atoms with Gasteiger partial charge >= 0.3 is 0 Å². The highest BCUT2D eigenvalue weighted by Crippen LogP contribution is 2.16. The Morgan fingerprint density at radius 3 is 3.24 bits per heavy atom. The van der Waals surface area contributed by atoms with Crippen molar-refractivity contribution in [2.24, 2.45) is 0 Å². The SMILES string of the molecule is N#Cc1ccnnc1NCCC1CCCCO1. The third-order valence-corrected chi connectivity index (χ3v) is 2.87. The van der Waals surface area contributed by atoms with Crippen molar-refractivity contribution < 1.29 is 4.74 Å². The molecule has 0 aromatic carbocycles. The fraction of sp³-hybridized carbons (Fsp3) is 0.583. The molecular weight excluding hydrogens is 216 g/mol. The summed E-state index contributed by atoms with van der Waals surface area (Å²) in [5.74, 6) is 0.561. The molecule has 5 heteroatoms. The maximum atomic E-state index is 8.88. The Hall–Kier alpha value is -1.67. The molecule has 1 saturated heterocycles. The van der Waals surface area contributed by atoms with Crippen LogP contribution in [0.2, 0.25) is 0 Å². The van der Waals surface area contributed by atoms with Crippen LogP contribution in [0.1, 0.15) is 31.2 Å². The number of hydrogen-bond acceptors (Lipinski definition) is 5. The average molecular weight is 232 g/mol. The first kappa shape index (κ1) is 11.8. The zero-order valence-corrected chi connectivity index (χ0v) is 9.72. The average Bonchev–Trinajstić information content (AvgIpc) is 2.40. The van der Waals surface area contributed by atoms with E-state index in [4.69, 9.17) is 10.00 Å². The first-order chi connectivity index (χ1) is 8.40. The van der Waals surface area contributed by atoms with Crippen LogP contribution in [-0.2, 0) is 4.74 Å². The third kappa shape index (κ3) is 3.40. The molecule has 5 nitrogen and oxygen atoms in total. The summed E-state index contributed by atoms with van der Waals surface area (Å²) in [4.78, 5) is 0. The molecule has 90 valence electrons. The summed E-state index contributed by atoms with van der Waals surface area (Å²) in [6.45, 7) is 1.64. The van der Waals surface area contributed by atoms with Gasteiger partial charge < -0.3 is 10.1 Å². The molecule has 1 aromatic heterocycles. The van der Waals surface area contributed by atoms with Gasteiger partial charge in [0.15, 0.2) is 5.82 Å². The molecule has 1 fully saturated rings. The predicted molar refractivity (Wildman–Crippen MR) is 63.4 cm³/mol. The highest BCUT2D eigenvalue weighted by atomic mass is 16.5. The maximum Gasteiger partial charge on any atom is 0.166 e. The first-order valence-corrected chi connectivity index (χ1v) is 5.97. The van der Waals surface area contributed by atoms with Gasteiger partial charge in [-0.3, -0.25) is 0 Å². The molecule has 17 heavy (non-hydrogen) atoms. The van der Waals surface area contributed by atoms with Crippen LogP contribution in [0.5, 0.6) is 0 Å². The van der Waals surface area contributed by atoms with Gasteiger partial charge in [-0.2, -0.15) is 10.4 Å². The van der Waals surface area contributed by atoms with Crippen LogP contribution in [0.15, 0.2) is 12.3 Å². The quantitative estimate of drug-likeness (QED) is 0.855. The lowest BCUT2D eigenvalue weighted by Crippen LogP contribution is -2.22. The maximum absolute atomic E-state index is 8.88. The Morgan fingerprint density at radius 1 is 1.53 bits per heavy atom. The van der Waals surface area contributed by atoms with Gasteiger partial charge in [0.05, 0.1) is 17.9 Å². The molecule has 0 aliphatic carbocycles. The summed E-state index contributed by atoms with van der Waals surface area (Å²) < 4.78 is 5.63. The largest absolute Gasteiger partial charge is 0.378 e. The molecule has 1 N–H and O–H groups in total. The number of ether oxygens (including phenoxy) is 1. The molecule has 1 aliphatic heterocycles. The van der Waals surface area contributed by atoms with Crippen molar-refractivity contribution in [1.29, 1.82) is 5.26 Å². The molecule has 0 amide bonds. The minimum atomic E-state index is 0.346. The number of aromatic nitrogens is 2. The van der Waals surface area contributed by atoms with E-state index in [9.17, 15) is 0 Å². The van der Waals surface area contributed by atoms with Crippen molar-refractivity contribution in [1.82, 2.24) is 10.2 Å². The minimum Gasteiger partial charge on any atom is -0.378 e. The van der Waals surface area contributed by atoms with Gasteiger partial charge in [-0.05, 0) is 31.7 Å². The van der Waals surface area contributed by atoms with Gasteiger partial charge in [0.25, 0.3) is 0 Å². The number of nitriles is 1. The summed E-state index contributed by atoms with van der Waals surface area (Å²) in [6, 6.07) is 3.75. The lowest BCUT2D eigenvalue weighted by Gasteiger charge is -2.22. The van der Waals surface area contributed by atoms with Crippen molar-refractivity contribution in [2.45, 2.75) is 31.8 Å². The summed E-state index contributed by atoms with van der Waals surface area (Å²) in [5.41, 5.74) is 0.532. The number of hydrogen-bond donors (Lipinski definition) is 1. The third-order valence-electron chi connectivity index (χ3n) is 2.87. The van der Waals surface area contributed by atoms with Gasteiger partial charge in [-0.1, -0.05) is 0 Å². The molecule has 1 atom stereocenters. The molecule has 1 aromatic rings. The summed E-state index contributed by atoms with van der Waals surface area (Å²) >= 11 is 0. The van der Waals surface area contributed by atoms with E-state index in [0.29, 0.717) is 17.5 Å². The van der Waals surface area contributed by atoms with Gasteiger partial charge in [-0.15, -0.1) is 5.10 Å². The Bertz CT molecular complexity index is 396. The summed E-state index contributed by atoms with van der Waals surface area (Å²) in [5, 5.41) is 19.7. The molecule has 0 radical (unpaired) electrons. The number of anilines is 1. The van der Waals surface area contributed by atoms with E-state index < -0.39 is 0 Å². The lowest BCUT2D eigenvalue weighted by molar-refractivity contribution is 0.0134. The van der Waals surface area contributed by atoms with E-state index in [0.717, 1.165) is 26.0 Å². The zero-order valence-electron chi connectivity index (χ0n) is 9.72. The van der Waals surface area contributed by atoms with Gasteiger partial charge in [0, 0.05) is 13.2 Å². The van der Waals surface area contributed by atoms with Crippen LogP contribution < -0.4 is 5.32 Å². The Kier molecular flexibility index (Phi) is 4.28.